The molecule has 1 fully saturated rings. The zero-order valence-electron chi connectivity index (χ0n) is 4.63. The smallest absolute Gasteiger partial charge is 0.308 e. The van der Waals surface area contributed by atoms with E-state index in [2.05, 4.69) is 0 Å². The van der Waals surface area contributed by atoms with Crippen molar-refractivity contribution in [1.29, 1.82) is 0 Å². The quantitative estimate of drug-likeness (QED) is 0.574. The van der Waals surface area contributed by atoms with Gasteiger partial charge in [-0.1, -0.05) is 6.92 Å². The van der Waals surface area contributed by atoms with E-state index in [-0.39, 0.29) is 5.92 Å². The van der Waals surface area contributed by atoms with Crippen LogP contribution in [-0.4, -0.2) is 22.1 Å². The summed E-state index contributed by atoms with van der Waals surface area (Å²) in [6.07, 6.45) is 0. The van der Waals surface area contributed by atoms with Crippen molar-refractivity contribution in [3.8, 4) is 0 Å². The molecule has 1 rings (SSSR count). The molecule has 46 valence electrons. The highest BCUT2D eigenvalue weighted by atomic mass is 32.2. The number of aliphatic carboxylic acids is 1. The molecule has 1 aliphatic rings. The Morgan fingerprint density at radius 2 is 2.50 bits per heavy atom. The van der Waals surface area contributed by atoms with E-state index >= 15 is 0 Å². The van der Waals surface area contributed by atoms with E-state index in [1.54, 1.807) is 11.8 Å². The van der Waals surface area contributed by atoms with Gasteiger partial charge in [0.05, 0.1) is 5.92 Å². The first kappa shape index (κ1) is 5.95. The molecular weight excluding hydrogens is 124 g/mol. The summed E-state index contributed by atoms with van der Waals surface area (Å²) in [5.74, 6) is 0.0903. The minimum atomic E-state index is -0.642. The van der Waals surface area contributed by atoms with Gasteiger partial charge in [0.1, 0.15) is 0 Å². The van der Waals surface area contributed by atoms with Crippen molar-refractivity contribution < 1.29 is 9.90 Å². The molecule has 1 aliphatic heterocycles. The lowest BCUT2D eigenvalue weighted by Gasteiger charge is -2.28. The van der Waals surface area contributed by atoms with Crippen LogP contribution < -0.4 is 0 Å². The van der Waals surface area contributed by atoms with Crippen LogP contribution >= 0.6 is 11.8 Å². The number of carboxylic acid groups (broad SMARTS) is 1. The molecule has 0 saturated carbocycles. The summed E-state index contributed by atoms with van der Waals surface area (Å²) in [6.45, 7) is 1.95. The lowest BCUT2D eigenvalue weighted by Crippen LogP contribution is -2.34. The maximum absolute atomic E-state index is 10.2. The third kappa shape index (κ3) is 0.823. The van der Waals surface area contributed by atoms with E-state index in [0.717, 1.165) is 5.75 Å². The van der Waals surface area contributed by atoms with Gasteiger partial charge in [-0.25, -0.2) is 0 Å². The summed E-state index contributed by atoms with van der Waals surface area (Å²) >= 11 is 1.72. The molecule has 1 N–H and O–H groups in total. The standard InChI is InChI=1S/C5H8O2S/c1-3-4(2-8-3)5(6)7/h3-4H,2H2,1H3,(H,6,7). The number of rotatable bonds is 1. The van der Waals surface area contributed by atoms with Crippen LogP contribution in [0.3, 0.4) is 0 Å². The molecule has 0 aliphatic carbocycles. The molecule has 3 heteroatoms. The first-order chi connectivity index (χ1) is 3.72. The molecule has 0 aromatic heterocycles. The highest BCUT2D eigenvalue weighted by molar-refractivity contribution is 8.01. The predicted molar refractivity (Wildman–Crippen MR) is 33.0 cm³/mol. The number of carboxylic acids is 1. The third-order valence-electron chi connectivity index (χ3n) is 1.42. The van der Waals surface area contributed by atoms with Crippen molar-refractivity contribution >= 4 is 17.7 Å². The lowest BCUT2D eigenvalue weighted by molar-refractivity contribution is -0.141. The van der Waals surface area contributed by atoms with Crippen LogP contribution in [0.5, 0.6) is 0 Å². The fourth-order valence-corrected chi connectivity index (χ4v) is 1.69. The molecule has 0 aromatic carbocycles. The zero-order valence-corrected chi connectivity index (χ0v) is 5.44. The normalized spacial score (nSPS) is 36.1. The summed E-state index contributed by atoms with van der Waals surface area (Å²) in [5.41, 5.74) is 0. The van der Waals surface area contributed by atoms with Crippen molar-refractivity contribution in [2.45, 2.75) is 12.2 Å². The van der Waals surface area contributed by atoms with E-state index in [1.165, 1.54) is 0 Å². The average Bonchev–Trinajstić information content (AvgIpc) is 1.61. The van der Waals surface area contributed by atoms with Crippen LogP contribution in [0.2, 0.25) is 0 Å². The largest absolute Gasteiger partial charge is 0.481 e. The molecule has 2 nitrogen and oxygen atoms in total. The van der Waals surface area contributed by atoms with Crippen LogP contribution in [0.1, 0.15) is 6.92 Å². The molecule has 2 atom stereocenters. The Hall–Kier alpha value is -0.180. The Morgan fingerprint density at radius 3 is 2.50 bits per heavy atom. The van der Waals surface area contributed by atoms with Gasteiger partial charge < -0.3 is 5.11 Å². The third-order valence-corrected chi connectivity index (χ3v) is 2.83. The first-order valence-corrected chi connectivity index (χ1v) is 3.61. The second-order valence-electron chi connectivity index (χ2n) is 1.98. The van der Waals surface area contributed by atoms with E-state index in [9.17, 15) is 4.79 Å². The van der Waals surface area contributed by atoms with Crippen molar-refractivity contribution in [2.24, 2.45) is 5.92 Å². The summed E-state index contributed by atoms with van der Waals surface area (Å²) in [4.78, 5) is 10.2. The summed E-state index contributed by atoms with van der Waals surface area (Å²) in [6, 6.07) is 0. The maximum Gasteiger partial charge on any atom is 0.308 e. The van der Waals surface area contributed by atoms with Crippen molar-refractivity contribution in [1.82, 2.24) is 0 Å². The van der Waals surface area contributed by atoms with Gasteiger partial charge in [0.2, 0.25) is 0 Å². The molecule has 1 heterocycles. The van der Waals surface area contributed by atoms with Gasteiger partial charge in [-0.2, -0.15) is 11.8 Å². The highest BCUT2D eigenvalue weighted by Crippen LogP contribution is 2.33. The first-order valence-electron chi connectivity index (χ1n) is 2.56. The summed E-state index contributed by atoms with van der Waals surface area (Å²) < 4.78 is 0. The maximum atomic E-state index is 10.2. The lowest BCUT2D eigenvalue weighted by atomic mass is 10.1. The Morgan fingerprint density at radius 1 is 1.88 bits per heavy atom. The molecular formula is C5H8O2S. The van der Waals surface area contributed by atoms with Gasteiger partial charge in [-0.05, 0) is 0 Å². The molecule has 8 heavy (non-hydrogen) atoms. The fourth-order valence-electron chi connectivity index (χ4n) is 0.657. The molecule has 0 aromatic rings. The summed E-state index contributed by atoms with van der Waals surface area (Å²) in [5, 5.41) is 8.73. The fraction of sp³-hybridized carbons (Fsp3) is 0.800. The second kappa shape index (κ2) is 1.97. The molecule has 2 unspecified atom stereocenters. The number of thioether (sulfide) groups is 1. The van der Waals surface area contributed by atoms with E-state index in [4.69, 9.17) is 5.11 Å². The van der Waals surface area contributed by atoms with Crippen LogP contribution in [0.25, 0.3) is 0 Å². The minimum Gasteiger partial charge on any atom is -0.481 e. The average molecular weight is 132 g/mol. The second-order valence-corrected chi connectivity index (χ2v) is 3.39. The molecule has 0 radical (unpaired) electrons. The Labute approximate surface area is 52.3 Å². The van der Waals surface area contributed by atoms with Crippen molar-refractivity contribution in [3.63, 3.8) is 0 Å². The Kier molecular flexibility index (Phi) is 1.47. The van der Waals surface area contributed by atoms with Gasteiger partial charge in [-0.3, -0.25) is 4.79 Å². The Balaban J connectivity index is 2.37. The predicted octanol–water partition coefficient (Wildman–Crippen LogP) is 0.823. The van der Waals surface area contributed by atoms with Crippen molar-refractivity contribution in [3.05, 3.63) is 0 Å². The number of hydrogen-bond acceptors (Lipinski definition) is 2. The monoisotopic (exact) mass is 132 g/mol. The van der Waals surface area contributed by atoms with E-state index < -0.39 is 5.97 Å². The molecule has 0 spiro atoms. The number of carbonyl (C=O) groups is 1. The number of hydrogen-bond donors (Lipinski definition) is 1. The molecule has 1 saturated heterocycles. The zero-order chi connectivity index (χ0) is 6.15. The van der Waals surface area contributed by atoms with Crippen LogP contribution in [0, 0.1) is 5.92 Å². The van der Waals surface area contributed by atoms with Gasteiger partial charge in [0, 0.05) is 11.0 Å². The van der Waals surface area contributed by atoms with Gasteiger partial charge >= 0.3 is 5.97 Å². The van der Waals surface area contributed by atoms with Crippen molar-refractivity contribution in [2.75, 3.05) is 5.75 Å². The SMILES string of the molecule is CC1SCC1C(=O)O. The van der Waals surface area contributed by atoms with Gasteiger partial charge in [0.15, 0.2) is 0 Å². The molecule has 0 bridgehead atoms. The van der Waals surface area contributed by atoms with Gasteiger partial charge in [0.25, 0.3) is 0 Å². The summed E-state index contributed by atoms with van der Waals surface area (Å²) in [7, 11) is 0. The van der Waals surface area contributed by atoms with E-state index in [0.29, 0.717) is 5.25 Å². The van der Waals surface area contributed by atoms with Gasteiger partial charge in [-0.15, -0.1) is 0 Å². The van der Waals surface area contributed by atoms with E-state index in [1.807, 2.05) is 6.92 Å². The topological polar surface area (TPSA) is 37.3 Å². The highest BCUT2D eigenvalue weighted by Gasteiger charge is 2.33. The Bertz CT molecular complexity index is 113. The minimum absolute atomic E-state index is 0.0694. The van der Waals surface area contributed by atoms with Crippen LogP contribution in [-0.2, 0) is 4.79 Å². The van der Waals surface area contributed by atoms with Crippen LogP contribution in [0.15, 0.2) is 0 Å². The van der Waals surface area contributed by atoms with Crippen LogP contribution in [0.4, 0.5) is 0 Å². The molecule has 0 amide bonds.